The number of allylic oxidation sites excluding steroid dienone is 2. The highest BCUT2D eigenvalue weighted by Crippen LogP contribution is 2.32. The van der Waals surface area contributed by atoms with Crippen molar-refractivity contribution in [2.75, 3.05) is 5.75 Å². The number of nitrogens with two attached hydrogens (primary N) is 1. The number of benzene rings is 2. The third kappa shape index (κ3) is 4.98. The summed E-state index contributed by atoms with van der Waals surface area (Å²) < 4.78 is 1.95. The molecule has 1 aromatic heterocycles. The highest BCUT2D eigenvalue weighted by Gasteiger charge is 2.21. The smallest absolute Gasteiger partial charge is 0.196 e. The predicted molar refractivity (Wildman–Crippen MR) is 124 cm³/mol. The van der Waals surface area contributed by atoms with Gasteiger partial charge in [0.15, 0.2) is 16.8 Å². The van der Waals surface area contributed by atoms with Gasteiger partial charge in [-0.25, -0.2) is 0 Å². The number of Topliss-reactive ketones (excluding diaryl/α,β-unsaturated/α-hetero) is 1. The van der Waals surface area contributed by atoms with E-state index in [0.29, 0.717) is 16.0 Å². The van der Waals surface area contributed by atoms with Crippen LogP contribution in [0, 0.1) is 11.3 Å². The Labute approximate surface area is 190 Å². The Bertz CT molecular complexity index is 1170. The van der Waals surface area contributed by atoms with E-state index in [1.165, 1.54) is 11.8 Å². The lowest BCUT2D eigenvalue weighted by Crippen LogP contribution is -2.11. The molecule has 0 unspecified atom stereocenters. The van der Waals surface area contributed by atoms with E-state index in [1.54, 1.807) is 19.1 Å². The number of nitriles is 1. The number of aromatic nitrogens is 3. The monoisotopic (exact) mass is 451 g/mol. The summed E-state index contributed by atoms with van der Waals surface area (Å²) in [6, 6.07) is 17.3. The molecule has 0 aliphatic rings. The Hall–Kier alpha value is -3.08. The van der Waals surface area contributed by atoms with Crippen molar-refractivity contribution in [2.24, 2.45) is 5.73 Å². The summed E-state index contributed by atoms with van der Waals surface area (Å²) in [6.07, 6.45) is 0. The van der Waals surface area contributed by atoms with Gasteiger partial charge < -0.3 is 5.73 Å². The largest absolute Gasteiger partial charge is 0.401 e. The molecule has 0 saturated carbocycles. The molecule has 0 atom stereocenters. The number of thioether (sulfide) groups is 1. The van der Waals surface area contributed by atoms with E-state index in [4.69, 9.17) is 17.3 Å². The van der Waals surface area contributed by atoms with Gasteiger partial charge in [0.2, 0.25) is 0 Å². The zero-order valence-electron chi connectivity index (χ0n) is 17.5. The average molecular weight is 452 g/mol. The molecular formula is C23H22ClN5OS. The van der Waals surface area contributed by atoms with Gasteiger partial charge >= 0.3 is 0 Å². The Morgan fingerprint density at radius 3 is 2.48 bits per heavy atom. The van der Waals surface area contributed by atoms with Gasteiger partial charge in [-0.15, -0.1) is 10.2 Å². The predicted octanol–water partition coefficient (Wildman–Crippen LogP) is 5.13. The van der Waals surface area contributed by atoms with Crippen LogP contribution in [0.5, 0.6) is 0 Å². The van der Waals surface area contributed by atoms with Gasteiger partial charge in [-0.3, -0.25) is 9.36 Å². The number of carbonyl (C=O) groups excluding carboxylic acids is 1. The van der Waals surface area contributed by atoms with Crippen molar-refractivity contribution in [3.63, 3.8) is 0 Å². The van der Waals surface area contributed by atoms with Crippen LogP contribution in [0.4, 0.5) is 0 Å². The van der Waals surface area contributed by atoms with Crippen molar-refractivity contribution >= 4 is 29.1 Å². The highest BCUT2D eigenvalue weighted by atomic mass is 35.5. The maximum Gasteiger partial charge on any atom is 0.196 e. The van der Waals surface area contributed by atoms with E-state index >= 15 is 0 Å². The van der Waals surface area contributed by atoms with Crippen LogP contribution in [-0.2, 0) is 4.79 Å². The second kappa shape index (κ2) is 9.82. The molecule has 0 bridgehead atoms. The molecule has 0 aliphatic heterocycles. The molecule has 0 amide bonds. The average Bonchev–Trinajstić information content (AvgIpc) is 3.16. The van der Waals surface area contributed by atoms with Crippen molar-refractivity contribution < 1.29 is 4.79 Å². The van der Waals surface area contributed by atoms with E-state index in [0.717, 1.165) is 16.8 Å². The fourth-order valence-corrected chi connectivity index (χ4v) is 4.06. The molecule has 2 N–H and O–H groups in total. The normalized spacial score (nSPS) is 11.9. The SMILES string of the molecule is CC(N)=C(C#N)C(=O)CSc1nnc(-c2ccc(Cl)cc2)n1-c1ccccc1C(C)C. The van der Waals surface area contributed by atoms with Crippen molar-refractivity contribution in [3.05, 3.63) is 70.4 Å². The number of carbonyl (C=O) groups is 1. The first-order valence-electron chi connectivity index (χ1n) is 9.66. The van der Waals surface area contributed by atoms with E-state index < -0.39 is 0 Å². The van der Waals surface area contributed by atoms with Crippen LogP contribution in [0.25, 0.3) is 17.1 Å². The summed E-state index contributed by atoms with van der Waals surface area (Å²) in [5.74, 6) is 0.599. The Kier molecular flexibility index (Phi) is 7.16. The molecule has 3 rings (SSSR count). The summed E-state index contributed by atoms with van der Waals surface area (Å²) in [5.41, 5.74) is 8.76. The van der Waals surface area contributed by atoms with Crippen LogP contribution in [0.2, 0.25) is 5.02 Å². The molecule has 3 aromatic rings. The van der Waals surface area contributed by atoms with E-state index in [9.17, 15) is 10.1 Å². The van der Waals surface area contributed by atoms with E-state index in [2.05, 4.69) is 30.1 Å². The Balaban J connectivity index is 2.09. The number of para-hydroxylation sites is 1. The van der Waals surface area contributed by atoms with Crippen LogP contribution in [-0.4, -0.2) is 26.3 Å². The third-order valence-electron chi connectivity index (χ3n) is 4.65. The minimum atomic E-state index is -0.341. The molecule has 8 heteroatoms. The molecule has 0 fully saturated rings. The summed E-state index contributed by atoms with van der Waals surface area (Å²) in [4.78, 5) is 12.5. The van der Waals surface area contributed by atoms with Crippen molar-refractivity contribution in [1.82, 2.24) is 14.8 Å². The quantitative estimate of drug-likeness (QED) is 0.304. The number of ketones is 1. The van der Waals surface area contributed by atoms with Gasteiger partial charge in [0.05, 0.1) is 11.4 Å². The number of nitrogens with zero attached hydrogens (tertiary/aromatic N) is 4. The Morgan fingerprint density at radius 1 is 1.19 bits per heavy atom. The first-order valence-corrected chi connectivity index (χ1v) is 11.0. The van der Waals surface area contributed by atoms with E-state index in [1.807, 2.05) is 41.0 Å². The van der Waals surface area contributed by atoms with Crippen LogP contribution < -0.4 is 5.73 Å². The fourth-order valence-electron chi connectivity index (χ4n) is 3.12. The van der Waals surface area contributed by atoms with Gasteiger partial charge in [-0.05, 0) is 48.7 Å². The van der Waals surface area contributed by atoms with Crippen LogP contribution >= 0.6 is 23.4 Å². The maximum absolute atomic E-state index is 12.5. The van der Waals surface area contributed by atoms with E-state index in [-0.39, 0.29) is 28.7 Å². The first kappa shape index (κ1) is 22.6. The number of rotatable bonds is 7. The maximum atomic E-state index is 12.5. The molecule has 2 aromatic carbocycles. The molecule has 0 aliphatic carbocycles. The van der Waals surface area contributed by atoms with Crippen LogP contribution in [0.1, 0.15) is 32.3 Å². The fraction of sp³-hybridized carbons (Fsp3) is 0.217. The number of hydrogen-bond acceptors (Lipinski definition) is 6. The summed E-state index contributed by atoms with van der Waals surface area (Å²) >= 11 is 7.28. The van der Waals surface area contributed by atoms with Gasteiger partial charge in [-0.1, -0.05) is 55.4 Å². The topological polar surface area (TPSA) is 97.6 Å². The molecule has 158 valence electrons. The zero-order chi connectivity index (χ0) is 22.5. The zero-order valence-corrected chi connectivity index (χ0v) is 19.0. The molecule has 0 saturated heterocycles. The molecule has 6 nitrogen and oxygen atoms in total. The number of hydrogen-bond donors (Lipinski definition) is 1. The van der Waals surface area contributed by atoms with Crippen molar-refractivity contribution in [2.45, 2.75) is 31.8 Å². The molecule has 31 heavy (non-hydrogen) atoms. The second-order valence-corrected chi connectivity index (χ2v) is 8.62. The van der Waals surface area contributed by atoms with Gasteiger partial charge in [-0.2, -0.15) is 5.26 Å². The Morgan fingerprint density at radius 2 is 1.87 bits per heavy atom. The minimum absolute atomic E-state index is 0.0278. The van der Waals surface area contributed by atoms with Crippen molar-refractivity contribution in [3.8, 4) is 23.1 Å². The summed E-state index contributed by atoms with van der Waals surface area (Å²) in [5, 5.41) is 19.2. The van der Waals surface area contributed by atoms with Crippen LogP contribution in [0.15, 0.2) is 65.0 Å². The second-order valence-electron chi connectivity index (χ2n) is 7.24. The summed E-state index contributed by atoms with van der Waals surface area (Å²) in [6.45, 7) is 5.78. The molecule has 0 spiro atoms. The molecule has 1 heterocycles. The molecular weight excluding hydrogens is 430 g/mol. The van der Waals surface area contributed by atoms with Crippen LogP contribution in [0.3, 0.4) is 0 Å². The van der Waals surface area contributed by atoms with Gasteiger partial charge in [0.25, 0.3) is 0 Å². The lowest BCUT2D eigenvalue weighted by molar-refractivity contribution is -0.112. The number of halogens is 1. The lowest BCUT2D eigenvalue weighted by Gasteiger charge is -2.17. The lowest BCUT2D eigenvalue weighted by atomic mass is 10.0. The first-order chi connectivity index (χ1) is 14.8. The molecule has 0 radical (unpaired) electrons. The van der Waals surface area contributed by atoms with Gasteiger partial charge in [0, 0.05) is 16.3 Å². The summed E-state index contributed by atoms with van der Waals surface area (Å²) in [7, 11) is 0. The van der Waals surface area contributed by atoms with Gasteiger partial charge in [0.1, 0.15) is 11.6 Å². The van der Waals surface area contributed by atoms with Crippen molar-refractivity contribution in [1.29, 1.82) is 5.26 Å². The highest BCUT2D eigenvalue weighted by molar-refractivity contribution is 7.99. The standard InChI is InChI=1S/C23H22ClN5OS/c1-14(2)18-6-4-5-7-20(18)29-22(16-8-10-17(24)11-9-16)27-28-23(29)31-13-21(30)19(12-25)15(3)26/h4-11,14H,13,26H2,1-3H3. The minimum Gasteiger partial charge on any atom is -0.401 e. The third-order valence-corrected chi connectivity index (χ3v) is 5.83.